The van der Waals surface area contributed by atoms with E-state index in [9.17, 15) is 39.9 Å². The first-order valence-corrected chi connectivity index (χ1v) is 3.98. The summed E-state index contributed by atoms with van der Waals surface area (Å²) in [6, 6.07) is 0. The van der Waals surface area contributed by atoms with E-state index in [0.29, 0.717) is 0 Å². The van der Waals surface area contributed by atoms with Crippen LogP contribution in [0, 0.1) is 0 Å². The predicted octanol–water partition coefficient (Wildman–Crippen LogP) is 3.53. The molecule has 0 saturated carbocycles. The molecule has 0 fully saturated rings. The van der Waals surface area contributed by atoms with Crippen LogP contribution in [0.5, 0.6) is 0 Å². The normalized spacial score (nSPS) is 14.0. The molecule has 0 N–H and O–H groups in total. The van der Waals surface area contributed by atoms with Crippen molar-refractivity contribution in [2.45, 2.75) is 24.2 Å². The van der Waals surface area contributed by atoms with Crippen molar-refractivity contribution in [3.63, 3.8) is 0 Å². The van der Waals surface area contributed by atoms with E-state index < -0.39 is 36.2 Å². The van der Waals surface area contributed by atoms with Crippen LogP contribution in [0.3, 0.4) is 0 Å². The number of hydrogen-bond donors (Lipinski definition) is 0. The van der Waals surface area contributed by atoms with Gasteiger partial charge >= 0.3 is 29.6 Å². The molecule has 0 aromatic carbocycles. The van der Waals surface area contributed by atoms with Gasteiger partial charge in [-0.2, -0.15) is 26.3 Å². The van der Waals surface area contributed by atoms with Gasteiger partial charge < -0.3 is 4.74 Å². The first-order valence-electron chi connectivity index (χ1n) is 3.60. The molecule has 0 unspecified atom stereocenters. The Hall–Kier alpha value is -0.800. The van der Waals surface area contributed by atoms with E-state index in [0.717, 1.165) is 0 Å². The van der Waals surface area contributed by atoms with Crippen LogP contribution < -0.4 is 0 Å². The number of rotatable bonds is 5. The molecule has 0 aromatic heterocycles. The van der Waals surface area contributed by atoms with Crippen molar-refractivity contribution in [2.24, 2.45) is 0 Å². The second kappa shape index (κ2) is 4.83. The summed E-state index contributed by atoms with van der Waals surface area (Å²) in [6.07, 6.45) is -5.02. The lowest BCUT2D eigenvalue weighted by atomic mass is 10.1. The average Bonchev–Trinajstić information content (AvgIpc) is 2.14. The van der Waals surface area contributed by atoms with Gasteiger partial charge in [-0.3, -0.25) is 0 Å². The molecule has 0 aliphatic carbocycles. The van der Waals surface area contributed by atoms with Crippen LogP contribution in [-0.4, -0.2) is 36.2 Å². The van der Waals surface area contributed by atoms with Gasteiger partial charge in [-0.15, -0.1) is 0 Å². The lowest BCUT2D eigenvalue weighted by Gasteiger charge is -2.31. The minimum absolute atomic E-state index is 1.97. The van der Waals surface area contributed by atoms with Gasteiger partial charge in [-0.25, -0.2) is 13.6 Å². The fourth-order valence-corrected chi connectivity index (χ4v) is 0.673. The Morgan fingerprint density at radius 3 is 1.82 bits per heavy atom. The number of alkyl halides is 8. The zero-order valence-corrected chi connectivity index (χ0v) is 8.26. The summed E-state index contributed by atoms with van der Waals surface area (Å²) in [7, 11) is 0. The predicted molar refractivity (Wildman–Crippen MR) is 38.0 cm³/mol. The summed E-state index contributed by atoms with van der Waals surface area (Å²) >= 11 is 4.34. The van der Waals surface area contributed by atoms with Gasteiger partial charge in [0.2, 0.25) is 0 Å². The fraction of sp³-hybridized carbons (Fsp3) is 0.833. The standard InChI is InChI=1S/C6H3ClF8O2/c7-3(16)17-1-4(10,11)6(14,15)5(12,13)2(8)9/h2H,1H2. The largest absolute Gasteiger partial charge is 0.447 e. The van der Waals surface area contributed by atoms with Crippen LogP contribution in [0.1, 0.15) is 0 Å². The van der Waals surface area contributed by atoms with Crippen LogP contribution in [0.25, 0.3) is 0 Å². The van der Waals surface area contributed by atoms with E-state index in [1.807, 2.05) is 0 Å². The lowest BCUT2D eigenvalue weighted by molar-refractivity contribution is -0.343. The van der Waals surface area contributed by atoms with Crippen LogP contribution in [0.2, 0.25) is 0 Å². The summed E-state index contributed by atoms with van der Waals surface area (Å²) in [5.41, 5.74) is -1.97. The first kappa shape index (κ1) is 16.2. The van der Waals surface area contributed by atoms with Gasteiger partial charge in [0.05, 0.1) is 0 Å². The monoisotopic (exact) mass is 294 g/mol. The number of carbonyl (C=O) groups is 1. The molecule has 0 radical (unpaired) electrons. The van der Waals surface area contributed by atoms with E-state index in [1.165, 1.54) is 0 Å². The molecule has 0 aliphatic rings. The minimum Gasteiger partial charge on any atom is -0.447 e. The van der Waals surface area contributed by atoms with Gasteiger partial charge in [0, 0.05) is 11.6 Å². The van der Waals surface area contributed by atoms with E-state index in [-0.39, 0.29) is 0 Å². The van der Waals surface area contributed by atoms with Gasteiger partial charge in [-0.05, 0) is 0 Å². The van der Waals surface area contributed by atoms with Crippen molar-refractivity contribution in [1.82, 2.24) is 0 Å². The molecule has 11 heteroatoms. The molecule has 0 rings (SSSR count). The highest BCUT2D eigenvalue weighted by Gasteiger charge is 2.75. The molecule has 0 amide bonds. The summed E-state index contributed by atoms with van der Waals surface area (Å²) in [6.45, 7) is -2.55. The molecule has 0 spiro atoms. The Kier molecular flexibility index (Phi) is 4.60. The molecule has 0 bridgehead atoms. The highest BCUT2D eigenvalue weighted by Crippen LogP contribution is 2.48. The van der Waals surface area contributed by atoms with Crippen molar-refractivity contribution >= 4 is 17.0 Å². The van der Waals surface area contributed by atoms with Crippen molar-refractivity contribution in [1.29, 1.82) is 0 Å². The van der Waals surface area contributed by atoms with E-state index >= 15 is 0 Å². The highest BCUT2D eigenvalue weighted by atomic mass is 35.5. The van der Waals surface area contributed by atoms with E-state index in [2.05, 4.69) is 16.3 Å². The highest BCUT2D eigenvalue weighted by molar-refractivity contribution is 6.61. The summed E-state index contributed by atoms with van der Waals surface area (Å²) < 4.78 is 101. The maximum absolute atomic E-state index is 12.5. The summed E-state index contributed by atoms with van der Waals surface area (Å²) in [5.74, 6) is -18.4. The van der Waals surface area contributed by atoms with Crippen LogP contribution in [0.15, 0.2) is 0 Å². The smallest absolute Gasteiger partial charge is 0.403 e. The number of ether oxygens (including phenoxy) is 1. The van der Waals surface area contributed by atoms with Crippen LogP contribution in [0.4, 0.5) is 39.9 Å². The molecule has 102 valence electrons. The van der Waals surface area contributed by atoms with Crippen molar-refractivity contribution in [2.75, 3.05) is 6.61 Å². The summed E-state index contributed by atoms with van der Waals surface area (Å²) in [5, 5.41) is 0. The Morgan fingerprint density at radius 1 is 1.12 bits per heavy atom. The molecule has 0 saturated heterocycles. The number of halogens is 9. The van der Waals surface area contributed by atoms with E-state index in [1.54, 1.807) is 0 Å². The lowest BCUT2D eigenvalue weighted by Crippen LogP contribution is -2.59. The third-order valence-electron chi connectivity index (χ3n) is 1.52. The van der Waals surface area contributed by atoms with Gasteiger partial charge in [-0.1, -0.05) is 0 Å². The molecule has 0 heterocycles. The van der Waals surface area contributed by atoms with Crippen molar-refractivity contribution in [3.05, 3.63) is 0 Å². The van der Waals surface area contributed by atoms with Crippen molar-refractivity contribution < 1.29 is 44.7 Å². The molecular weight excluding hydrogens is 292 g/mol. The van der Waals surface area contributed by atoms with Crippen LogP contribution in [-0.2, 0) is 4.74 Å². The Balaban J connectivity index is 5.08. The van der Waals surface area contributed by atoms with Gasteiger partial charge in [0.25, 0.3) is 0 Å². The van der Waals surface area contributed by atoms with Gasteiger partial charge in [0.1, 0.15) is 0 Å². The summed E-state index contributed by atoms with van der Waals surface area (Å²) in [4.78, 5) is 9.83. The second-order valence-corrected chi connectivity index (χ2v) is 3.04. The zero-order chi connectivity index (χ0) is 14.1. The third-order valence-corrected chi connectivity index (χ3v) is 1.63. The first-order chi connectivity index (χ1) is 7.36. The Morgan fingerprint density at radius 2 is 1.53 bits per heavy atom. The average molecular weight is 295 g/mol. The molecule has 0 aliphatic heterocycles. The SMILES string of the molecule is O=C(Cl)OCC(F)(F)C(F)(F)C(F)(F)C(F)F. The third kappa shape index (κ3) is 3.11. The number of carbonyl (C=O) groups excluding carboxylic acids is 1. The molecule has 2 nitrogen and oxygen atoms in total. The Labute approximate surface area is 93.5 Å². The molecule has 0 aromatic rings. The minimum atomic E-state index is -6.40. The quantitative estimate of drug-likeness (QED) is 0.573. The number of hydrogen-bond acceptors (Lipinski definition) is 2. The second-order valence-electron chi connectivity index (χ2n) is 2.73. The van der Waals surface area contributed by atoms with Crippen LogP contribution >= 0.6 is 11.6 Å². The topological polar surface area (TPSA) is 26.3 Å². The zero-order valence-electron chi connectivity index (χ0n) is 7.50. The molecular formula is C6H3ClF8O2. The van der Waals surface area contributed by atoms with Gasteiger partial charge in [0.15, 0.2) is 6.61 Å². The fourth-order valence-electron chi connectivity index (χ4n) is 0.619. The maximum Gasteiger partial charge on any atom is 0.403 e. The maximum atomic E-state index is 12.5. The Bertz CT molecular complexity index is 292. The van der Waals surface area contributed by atoms with Crippen molar-refractivity contribution in [3.8, 4) is 0 Å². The van der Waals surface area contributed by atoms with E-state index in [4.69, 9.17) is 0 Å². The molecule has 17 heavy (non-hydrogen) atoms. The molecule has 0 atom stereocenters.